The van der Waals surface area contributed by atoms with Crippen LogP contribution >= 0.6 is 0 Å². The highest BCUT2D eigenvalue weighted by atomic mass is 16.5. The number of para-hydroxylation sites is 1. The van der Waals surface area contributed by atoms with Crippen LogP contribution in [0.25, 0.3) is 0 Å². The van der Waals surface area contributed by atoms with Crippen molar-refractivity contribution in [3.8, 4) is 11.6 Å². The van der Waals surface area contributed by atoms with Crippen molar-refractivity contribution >= 4 is 11.8 Å². The van der Waals surface area contributed by atoms with Gasteiger partial charge in [-0.2, -0.15) is 0 Å². The summed E-state index contributed by atoms with van der Waals surface area (Å²) in [7, 11) is 0. The predicted molar refractivity (Wildman–Crippen MR) is 150 cm³/mol. The zero-order valence-corrected chi connectivity index (χ0v) is 23.0. The summed E-state index contributed by atoms with van der Waals surface area (Å²) < 4.78 is 11.8. The number of rotatable bonds is 5. The molecule has 4 heterocycles. The maximum Gasteiger partial charge on any atom is 0.236 e. The lowest BCUT2D eigenvalue weighted by molar-refractivity contribution is -0.137. The Hall–Kier alpha value is -3.13. The molecule has 2 saturated heterocycles. The summed E-state index contributed by atoms with van der Waals surface area (Å²) in [5, 5.41) is 3.15. The van der Waals surface area contributed by atoms with E-state index >= 15 is 0 Å². The van der Waals surface area contributed by atoms with Gasteiger partial charge < -0.3 is 19.7 Å². The molecular formula is C31H42N4O4. The second kappa shape index (κ2) is 13.3. The number of carbonyl (C=O) groups is 2. The molecule has 8 heteroatoms. The minimum Gasteiger partial charge on any atom is -0.491 e. The number of hydrogen-bond donors (Lipinski definition) is 1. The Balaban J connectivity index is 1.07. The fraction of sp³-hybridized carbons (Fsp3) is 0.581. The number of carbonyl (C=O) groups excluding carboxylic acids is 2. The Kier molecular flexibility index (Phi) is 9.35. The van der Waals surface area contributed by atoms with Gasteiger partial charge >= 0.3 is 0 Å². The number of pyridine rings is 1. The van der Waals surface area contributed by atoms with E-state index in [0.717, 1.165) is 83.3 Å². The second-order valence-corrected chi connectivity index (χ2v) is 11.3. The molecule has 0 saturated carbocycles. The molecule has 0 unspecified atom stereocenters. The SMILES string of the molecule is O=C(CN1CCC2(CCCCc3ccccc3OCCNC2=O)CC1)N1CCC(COc2ccccn2)CC1. The number of aryl methyl sites for hydroxylation is 1. The Morgan fingerprint density at radius 2 is 1.82 bits per heavy atom. The summed E-state index contributed by atoms with van der Waals surface area (Å²) in [5.74, 6) is 2.40. The summed E-state index contributed by atoms with van der Waals surface area (Å²) in [6.07, 6.45) is 9.18. The van der Waals surface area contributed by atoms with Gasteiger partial charge in [0.2, 0.25) is 17.7 Å². The van der Waals surface area contributed by atoms with E-state index in [-0.39, 0.29) is 17.2 Å². The number of benzene rings is 1. The van der Waals surface area contributed by atoms with Crippen LogP contribution in [0.15, 0.2) is 48.7 Å². The molecule has 3 aliphatic rings. The molecule has 0 aliphatic carbocycles. The van der Waals surface area contributed by atoms with Gasteiger partial charge in [-0.1, -0.05) is 30.7 Å². The lowest BCUT2D eigenvalue weighted by atomic mass is 9.73. The van der Waals surface area contributed by atoms with Crippen molar-refractivity contribution in [2.75, 3.05) is 52.5 Å². The fourth-order valence-corrected chi connectivity index (χ4v) is 6.15. The maximum absolute atomic E-state index is 13.3. The third kappa shape index (κ3) is 7.29. The number of nitrogens with zero attached hydrogens (tertiary/aromatic N) is 3. The zero-order chi connectivity index (χ0) is 26.9. The van der Waals surface area contributed by atoms with Crippen LogP contribution in [0.4, 0.5) is 0 Å². The van der Waals surface area contributed by atoms with Crippen LogP contribution in [-0.4, -0.2) is 79.1 Å². The van der Waals surface area contributed by atoms with Crippen molar-refractivity contribution < 1.29 is 19.1 Å². The number of nitrogens with one attached hydrogen (secondary N) is 1. The normalized spacial score (nSPS) is 21.1. The van der Waals surface area contributed by atoms with Crippen LogP contribution in [0.2, 0.25) is 0 Å². The van der Waals surface area contributed by atoms with E-state index in [4.69, 9.17) is 9.47 Å². The first-order valence-corrected chi connectivity index (χ1v) is 14.6. The summed E-state index contributed by atoms with van der Waals surface area (Å²) in [6.45, 7) is 5.21. The molecule has 0 radical (unpaired) electrons. The third-order valence-corrected chi connectivity index (χ3v) is 8.69. The van der Waals surface area contributed by atoms with Gasteiger partial charge in [0.1, 0.15) is 12.4 Å². The first-order valence-electron chi connectivity index (χ1n) is 14.6. The molecule has 2 amide bonds. The van der Waals surface area contributed by atoms with Crippen LogP contribution < -0.4 is 14.8 Å². The molecule has 3 aliphatic heterocycles. The van der Waals surface area contributed by atoms with Crippen molar-refractivity contribution in [3.05, 3.63) is 54.2 Å². The quantitative estimate of drug-likeness (QED) is 0.630. The van der Waals surface area contributed by atoms with E-state index in [2.05, 4.69) is 27.3 Å². The lowest BCUT2D eigenvalue weighted by Gasteiger charge is -2.41. The smallest absolute Gasteiger partial charge is 0.236 e. The van der Waals surface area contributed by atoms with Gasteiger partial charge in [0.05, 0.1) is 25.1 Å². The van der Waals surface area contributed by atoms with Gasteiger partial charge in [0.15, 0.2) is 0 Å². The third-order valence-electron chi connectivity index (χ3n) is 8.69. The summed E-state index contributed by atoms with van der Waals surface area (Å²) in [5.41, 5.74) is 0.904. The minimum atomic E-state index is -0.343. The largest absolute Gasteiger partial charge is 0.491 e. The van der Waals surface area contributed by atoms with Crippen molar-refractivity contribution in [1.82, 2.24) is 20.1 Å². The summed E-state index contributed by atoms with van der Waals surface area (Å²) in [4.78, 5) is 34.9. The monoisotopic (exact) mass is 534 g/mol. The molecule has 210 valence electrons. The molecule has 5 rings (SSSR count). The van der Waals surface area contributed by atoms with Crippen LogP contribution in [0.3, 0.4) is 0 Å². The predicted octanol–water partition coefficient (Wildman–Crippen LogP) is 3.70. The van der Waals surface area contributed by atoms with E-state index in [1.54, 1.807) is 6.20 Å². The van der Waals surface area contributed by atoms with Gasteiger partial charge in [0, 0.05) is 25.4 Å². The lowest BCUT2D eigenvalue weighted by Crippen LogP contribution is -2.52. The molecule has 0 bridgehead atoms. The van der Waals surface area contributed by atoms with Crippen molar-refractivity contribution in [1.29, 1.82) is 0 Å². The molecule has 1 aromatic carbocycles. The number of piperidine rings is 2. The van der Waals surface area contributed by atoms with Gasteiger partial charge in [-0.25, -0.2) is 4.98 Å². The number of likely N-dealkylation sites (tertiary alicyclic amines) is 2. The maximum atomic E-state index is 13.3. The number of aromatic nitrogens is 1. The van der Waals surface area contributed by atoms with Crippen molar-refractivity contribution in [3.63, 3.8) is 0 Å². The summed E-state index contributed by atoms with van der Waals surface area (Å²) >= 11 is 0. The highest BCUT2D eigenvalue weighted by Gasteiger charge is 2.41. The Bertz CT molecular complexity index is 1080. The van der Waals surface area contributed by atoms with Crippen LogP contribution in [0.1, 0.15) is 50.5 Å². The molecule has 1 aromatic heterocycles. The number of fused-ring (bicyclic) bond motifs is 1. The van der Waals surface area contributed by atoms with Crippen LogP contribution in [0, 0.1) is 11.3 Å². The Labute approximate surface area is 232 Å². The van der Waals surface area contributed by atoms with E-state index < -0.39 is 0 Å². The van der Waals surface area contributed by atoms with E-state index in [1.165, 1.54) is 5.56 Å². The standard InChI is InChI=1S/C31H42N4O4/c36-29(35-18-11-25(12-19-35)24-39-28-10-4-6-16-32-28)23-34-20-14-31(15-21-34)13-5-3-8-26-7-1-2-9-27(26)38-22-17-33-30(31)37/h1-2,4,6-7,9-10,16,25H,3,5,8,11-15,17-24H2,(H,33,37). The molecular weight excluding hydrogens is 492 g/mol. The van der Waals surface area contributed by atoms with Crippen molar-refractivity contribution in [2.24, 2.45) is 11.3 Å². The van der Waals surface area contributed by atoms with E-state index in [9.17, 15) is 9.59 Å². The van der Waals surface area contributed by atoms with Gasteiger partial charge in [0.25, 0.3) is 0 Å². The molecule has 2 fully saturated rings. The molecule has 39 heavy (non-hydrogen) atoms. The van der Waals surface area contributed by atoms with Gasteiger partial charge in [-0.05, 0) is 81.6 Å². The average molecular weight is 535 g/mol. The number of amides is 2. The van der Waals surface area contributed by atoms with Crippen molar-refractivity contribution in [2.45, 2.75) is 51.4 Å². The topological polar surface area (TPSA) is 84.0 Å². The Morgan fingerprint density at radius 3 is 2.62 bits per heavy atom. The first kappa shape index (κ1) is 27.4. The minimum absolute atomic E-state index is 0.154. The van der Waals surface area contributed by atoms with Crippen LogP contribution in [-0.2, 0) is 16.0 Å². The fourth-order valence-electron chi connectivity index (χ4n) is 6.15. The molecule has 8 nitrogen and oxygen atoms in total. The summed E-state index contributed by atoms with van der Waals surface area (Å²) in [6, 6.07) is 13.9. The van der Waals surface area contributed by atoms with Crippen LogP contribution in [0.5, 0.6) is 11.6 Å². The highest BCUT2D eigenvalue weighted by Crippen LogP contribution is 2.37. The number of ether oxygens (including phenoxy) is 2. The van der Waals surface area contributed by atoms with Gasteiger partial charge in [-0.15, -0.1) is 0 Å². The first-order chi connectivity index (χ1) is 19.1. The molecule has 0 atom stereocenters. The molecule has 2 aromatic rings. The second-order valence-electron chi connectivity index (χ2n) is 11.3. The highest BCUT2D eigenvalue weighted by molar-refractivity contribution is 5.83. The van der Waals surface area contributed by atoms with Gasteiger partial charge in [-0.3, -0.25) is 14.5 Å². The zero-order valence-electron chi connectivity index (χ0n) is 23.0. The number of hydrogen-bond acceptors (Lipinski definition) is 6. The molecule has 1 spiro atoms. The Morgan fingerprint density at radius 1 is 1.03 bits per heavy atom. The average Bonchev–Trinajstić information content (AvgIpc) is 2.98. The molecule has 1 N–H and O–H groups in total. The van der Waals surface area contributed by atoms with E-state index in [0.29, 0.717) is 38.1 Å². The van der Waals surface area contributed by atoms with E-state index in [1.807, 2.05) is 35.2 Å².